The molecule has 21 heavy (non-hydrogen) atoms. The maximum atomic E-state index is 12.4. The Morgan fingerprint density at radius 1 is 1.33 bits per heavy atom. The molecule has 0 bridgehead atoms. The fourth-order valence-electron chi connectivity index (χ4n) is 2.60. The highest BCUT2D eigenvalue weighted by Gasteiger charge is 2.33. The zero-order valence-electron chi connectivity index (χ0n) is 13.4. The Balaban J connectivity index is 2.31. The normalized spacial score (nSPS) is 14.8. The minimum Gasteiger partial charge on any atom is -0.461 e. The molecule has 0 radical (unpaired) electrons. The van der Waals surface area contributed by atoms with Gasteiger partial charge in [-0.1, -0.05) is 20.8 Å². The van der Waals surface area contributed by atoms with E-state index in [-0.39, 0.29) is 5.91 Å². The molecular weight excluding hydrogens is 270 g/mol. The molecule has 6 nitrogen and oxygen atoms in total. The number of hydrogen-bond donors (Lipinski definition) is 0. The molecule has 6 heteroatoms. The van der Waals surface area contributed by atoms with Gasteiger partial charge in [-0.15, -0.1) is 0 Å². The quantitative estimate of drug-likeness (QED) is 0.776. The molecule has 0 aromatic carbocycles. The van der Waals surface area contributed by atoms with Gasteiger partial charge in [0.15, 0.2) is 5.69 Å². The lowest BCUT2D eigenvalue weighted by Crippen LogP contribution is -2.42. The predicted octanol–water partition coefficient (Wildman–Crippen LogP) is 1.53. The summed E-state index contributed by atoms with van der Waals surface area (Å²) in [5.74, 6) is -0.328. The van der Waals surface area contributed by atoms with Crippen molar-refractivity contribution in [1.29, 1.82) is 0 Å². The Morgan fingerprint density at radius 3 is 2.57 bits per heavy atom. The average molecular weight is 293 g/mol. The standard InChI is InChI=1S/C15H23N3O3/c1-6-21-13(19)12-10-9-18(14(20)15(2,3)4)8-7-11(10)17(5)16-12/h6-9H2,1-5H3. The van der Waals surface area contributed by atoms with Crippen LogP contribution in [0.4, 0.5) is 0 Å². The third kappa shape index (κ3) is 2.94. The first-order valence-corrected chi connectivity index (χ1v) is 7.27. The first-order valence-electron chi connectivity index (χ1n) is 7.27. The lowest BCUT2D eigenvalue weighted by atomic mass is 9.93. The smallest absolute Gasteiger partial charge is 0.359 e. The molecule has 1 aromatic rings. The molecule has 1 aliphatic heterocycles. The number of hydrogen-bond acceptors (Lipinski definition) is 4. The van der Waals surface area contributed by atoms with E-state index in [1.165, 1.54) is 0 Å². The Bertz CT molecular complexity index is 569. The van der Waals surface area contributed by atoms with Crippen molar-refractivity contribution in [2.24, 2.45) is 12.5 Å². The van der Waals surface area contributed by atoms with Gasteiger partial charge in [-0.05, 0) is 6.92 Å². The van der Waals surface area contributed by atoms with E-state index in [1.807, 2.05) is 27.8 Å². The van der Waals surface area contributed by atoms with Crippen molar-refractivity contribution in [1.82, 2.24) is 14.7 Å². The van der Waals surface area contributed by atoms with E-state index in [0.717, 1.165) is 11.3 Å². The number of ether oxygens (including phenoxy) is 1. The van der Waals surface area contributed by atoms with Gasteiger partial charge < -0.3 is 9.64 Å². The Hall–Kier alpha value is -1.85. The molecule has 1 aliphatic rings. The molecule has 0 atom stereocenters. The van der Waals surface area contributed by atoms with Crippen molar-refractivity contribution in [3.05, 3.63) is 17.0 Å². The fourth-order valence-corrected chi connectivity index (χ4v) is 2.60. The van der Waals surface area contributed by atoms with E-state index in [2.05, 4.69) is 5.10 Å². The maximum absolute atomic E-state index is 12.4. The summed E-state index contributed by atoms with van der Waals surface area (Å²) >= 11 is 0. The third-order valence-electron chi connectivity index (χ3n) is 3.64. The molecule has 0 N–H and O–H groups in total. The number of rotatable bonds is 2. The monoisotopic (exact) mass is 293 g/mol. The Morgan fingerprint density at radius 2 is 2.00 bits per heavy atom. The molecule has 2 heterocycles. The lowest BCUT2D eigenvalue weighted by Gasteiger charge is -2.32. The van der Waals surface area contributed by atoms with Gasteiger partial charge in [0, 0.05) is 43.2 Å². The number of aryl methyl sites for hydroxylation is 1. The SMILES string of the molecule is CCOC(=O)c1nn(C)c2c1CN(C(=O)C(C)(C)C)CC2. The van der Waals surface area contributed by atoms with Gasteiger partial charge in [0.2, 0.25) is 5.91 Å². The van der Waals surface area contributed by atoms with Crippen LogP contribution < -0.4 is 0 Å². The third-order valence-corrected chi connectivity index (χ3v) is 3.64. The molecule has 0 unspecified atom stereocenters. The van der Waals surface area contributed by atoms with Crippen LogP contribution in [0.5, 0.6) is 0 Å². The topological polar surface area (TPSA) is 64.4 Å². The highest BCUT2D eigenvalue weighted by Crippen LogP contribution is 2.26. The van der Waals surface area contributed by atoms with E-state index in [1.54, 1.807) is 16.5 Å². The van der Waals surface area contributed by atoms with Gasteiger partial charge in [0.1, 0.15) is 0 Å². The summed E-state index contributed by atoms with van der Waals surface area (Å²) in [4.78, 5) is 26.2. The minimum absolute atomic E-state index is 0.0896. The number of esters is 1. The zero-order valence-corrected chi connectivity index (χ0v) is 13.4. The number of amides is 1. The van der Waals surface area contributed by atoms with Crippen LogP contribution in [-0.4, -0.2) is 39.7 Å². The van der Waals surface area contributed by atoms with Crippen molar-refractivity contribution in [3.8, 4) is 0 Å². The van der Waals surface area contributed by atoms with E-state index >= 15 is 0 Å². The molecule has 0 saturated heterocycles. The molecule has 0 saturated carbocycles. The van der Waals surface area contributed by atoms with Crippen LogP contribution in [0.1, 0.15) is 49.4 Å². The molecule has 0 spiro atoms. The summed E-state index contributed by atoms with van der Waals surface area (Å²) in [5.41, 5.74) is 1.74. The predicted molar refractivity (Wildman–Crippen MR) is 77.7 cm³/mol. The number of nitrogens with zero attached hydrogens (tertiary/aromatic N) is 3. The van der Waals surface area contributed by atoms with Crippen LogP contribution >= 0.6 is 0 Å². The van der Waals surface area contributed by atoms with E-state index in [0.29, 0.717) is 31.8 Å². The highest BCUT2D eigenvalue weighted by atomic mass is 16.5. The van der Waals surface area contributed by atoms with Gasteiger partial charge in [0.05, 0.1) is 6.61 Å². The van der Waals surface area contributed by atoms with Crippen molar-refractivity contribution in [2.45, 2.75) is 40.7 Å². The van der Waals surface area contributed by atoms with E-state index in [4.69, 9.17) is 4.74 Å². The van der Waals surface area contributed by atoms with Crippen molar-refractivity contribution in [3.63, 3.8) is 0 Å². The molecule has 1 amide bonds. The van der Waals surface area contributed by atoms with Crippen molar-refractivity contribution in [2.75, 3.05) is 13.2 Å². The summed E-state index contributed by atoms with van der Waals surface area (Å²) < 4.78 is 6.77. The van der Waals surface area contributed by atoms with Gasteiger partial charge in [-0.25, -0.2) is 4.79 Å². The summed E-state index contributed by atoms with van der Waals surface area (Å²) in [6.45, 7) is 8.87. The van der Waals surface area contributed by atoms with Crippen LogP contribution in [-0.2, 0) is 29.5 Å². The van der Waals surface area contributed by atoms with Gasteiger partial charge in [-0.2, -0.15) is 5.10 Å². The van der Waals surface area contributed by atoms with E-state index < -0.39 is 11.4 Å². The Labute approximate surface area is 125 Å². The molecule has 0 fully saturated rings. The van der Waals surface area contributed by atoms with Crippen LogP contribution in [0, 0.1) is 5.41 Å². The molecule has 0 aliphatic carbocycles. The second kappa shape index (κ2) is 5.50. The lowest BCUT2D eigenvalue weighted by molar-refractivity contribution is -0.140. The van der Waals surface area contributed by atoms with Crippen LogP contribution in [0.2, 0.25) is 0 Å². The first kappa shape index (κ1) is 15.5. The number of aromatic nitrogens is 2. The molecule has 116 valence electrons. The molecule has 2 rings (SSSR count). The fraction of sp³-hybridized carbons (Fsp3) is 0.667. The zero-order chi connectivity index (χ0) is 15.8. The summed E-state index contributed by atoms with van der Waals surface area (Å²) in [5, 5.41) is 4.27. The average Bonchev–Trinajstić information content (AvgIpc) is 2.74. The van der Waals surface area contributed by atoms with E-state index in [9.17, 15) is 9.59 Å². The van der Waals surface area contributed by atoms with Crippen molar-refractivity contribution >= 4 is 11.9 Å². The second-order valence-corrected chi connectivity index (χ2v) is 6.34. The number of carbonyl (C=O) groups is 2. The van der Waals surface area contributed by atoms with Gasteiger partial charge >= 0.3 is 5.97 Å². The van der Waals surface area contributed by atoms with Crippen LogP contribution in [0.25, 0.3) is 0 Å². The summed E-state index contributed by atoms with van der Waals surface area (Å²) in [6.07, 6.45) is 0.708. The largest absolute Gasteiger partial charge is 0.461 e. The van der Waals surface area contributed by atoms with Gasteiger partial charge in [0.25, 0.3) is 0 Å². The molecular formula is C15H23N3O3. The summed E-state index contributed by atoms with van der Waals surface area (Å²) in [7, 11) is 1.82. The molecule has 1 aromatic heterocycles. The van der Waals surface area contributed by atoms with Crippen molar-refractivity contribution < 1.29 is 14.3 Å². The summed E-state index contributed by atoms with van der Waals surface area (Å²) in [6, 6.07) is 0. The minimum atomic E-state index is -0.427. The first-order chi connectivity index (χ1) is 9.75. The Kier molecular flexibility index (Phi) is 4.07. The number of carbonyl (C=O) groups excluding carboxylic acids is 2. The maximum Gasteiger partial charge on any atom is 0.359 e. The van der Waals surface area contributed by atoms with Crippen LogP contribution in [0.15, 0.2) is 0 Å². The van der Waals surface area contributed by atoms with Gasteiger partial charge in [-0.3, -0.25) is 9.48 Å². The highest BCUT2D eigenvalue weighted by molar-refractivity contribution is 5.90. The van der Waals surface area contributed by atoms with Crippen LogP contribution in [0.3, 0.4) is 0 Å². The second-order valence-electron chi connectivity index (χ2n) is 6.34. The number of fused-ring (bicyclic) bond motifs is 1.